The monoisotopic (exact) mass is 227 g/mol. The van der Waals surface area contributed by atoms with Crippen molar-refractivity contribution in [3.8, 4) is 5.75 Å². The number of ether oxygens (including phenoxy) is 1. The van der Waals surface area contributed by atoms with Crippen LogP contribution in [0.25, 0.3) is 0 Å². The molecule has 0 saturated heterocycles. The minimum atomic E-state index is -3.67. The molecule has 0 unspecified atom stereocenters. The Morgan fingerprint density at radius 3 is 2.80 bits per heavy atom. The molecular weight excluding hydrogens is 218 g/mol. The summed E-state index contributed by atoms with van der Waals surface area (Å²) in [5, 5.41) is 0. The molecule has 0 atom stereocenters. The van der Waals surface area contributed by atoms with E-state index in [0.717, 1.165) is 0 Å². The molecule has 1 N–H and O–H groups in total. The molecular formula is C9H9NO4S. The standard InChI is InChI=1S/C9H9NO4S/c1-14-7-2-3-8-6(4-7)5-9(11)10-15(8,12)13/h2-4H,5H2,1H3,(H,10,11). The number of sulfonamides is 1. The smallest absolute Gasteiger partial charge is 0.264 e. The Hall–Kier alpha value is -1.56. The zero-order valence-electron chi connectivity index (χ0n) is 7.98. The fourth-order valence-electron chi connectivity index (χ4n) is 1.50. The zero-order chi connectivity index (χ0) is 11.1. The molecule has 0 radical (unpaired) electrons. The van der Waals surface area contributed by atoms with Crippen molar-refractivity contribution >= 4 is 15.9 Å². The number of carbonyl (C=O) groups is 1. The average Bonchev–Trinajstić information content (AvgIpc) is 2.15. The molecule has 1 heterocycles. The number of hydrogen-bond acceptors (Lipinski definition) is 4. The van der Waals surface area contributed by atoms with Gasteiger partial charge in [0.25, 0.3) is 10.0 Å². The van der Waals surface area contributed by atoms with Crippen LogP contribution in [0.5, 0.6) is 5.75 Å². The summed E-state index contributed by atoms with van der Waals surface area (Å²) in [4.78, 5) is 11.3. The van der Waals surface area contributed by atoms with Gasteiger partial charge in [0.15, 0.2) is 0 Å². The van der Waals surface area contributed by atoms with Crippen molar-refractivity contribution in [3.63, 3.8) is 0 Å². The van der Waals surface area contributed by atoms with Crippen LogP contribution in [-0.2, 0) is 21.2 Å². The Bertz CT molecular complexity index is 521. The molecule has 0 fully saturated rings. The maximum Gasteiger partial charge on any atom is 0.264 e. The normalized spacial score (nSPS) is 17.8. The molecule has 1 aromatic carbocycles. The van der Waals surface area contributed by atoms with E-state index in [1.165, 1.54) is 13.2 Å². The minimum absolute atomic E-state index is 0.0613. The fourth-order valence-corrected chi connectivity index (χ4v) is 2.70. The number of methoxy groups -OCH3 is 1. The topological polar surface area (TPSA) is 72.5 Å². The molecule has 2 rings (SSSR count). The number of amides is 1. The molecule has 0 aromatic heterocycles. The first-order valence-electron chi connectivity index (χ1n) is 4.25. The molecule has 80 valence electrons. The summed E-state index contributed by atoms with van der Waals surface area (Å²) in [6, 6.07) is 4.54. The van der Waals surface area contributed by atoms with Crippen LogP contribution in [0.2, 0.25) is 0 Å². The second-order valence-corrected chi connectivity index (χ2v) is 4.83. The minimum Gasteiger partial charge on any atom is -0.497 e. The summed E-state index contributed by atoms with van der Waals surface area (Å²) in [5.74, 6) is 0.0226. The Morgan fingerprint density at radius 1 is 1.40 bits per heavy atom. The molecule has 0 bridgehead atoms. The summed E-state index contributed by atoms with van der Waals surface area (Å²) in [6.45, 7) is 0. The van der Waals surface area contributed by atoms with Crippen LogP contribution in [-0.4, -0.2) is 21.4 Å². The molecule has 0 aliphatic carbocycles. The van der Waals surface area contributed by atoms with E-state index in [1.54, 1.807) is 12.1 Å². The Labute approximate surface area is 87.1 Å². The lowest BCUT2D eigenvalue weighted by Crippen LogP contribution is -2.36. The highest BCUT2D eigenvalue weighted by Crippen LogP contribution is 2.24. The summed E-state index contributed by atoms with van der Waals surface area (Å²) >= 11 is 0. The van der Waals surface area contributed by atoms with Crippen LogP contribution < -0.4 is 9.46 Å². The van der Waals surface area contributed by atoms with E-state index in [1.807, 2.05) is 4.72 Å². The second-order valence-electron chi connectivity index (χ2n) is 3.18. The predicted octanol–water partition coefficient (Wildman–Crippen LogP) is 0.0562. The molecule has 1 aliphatic heterocycles. The van der Waals surface area contributed by atoms with Gasteiger partial charge < -0.3 is 4.74 Å². The number of nitrogens with one attached hydrogen (secondary N) is 1. The second kappa shape index (κ2) is 3.23. The van der Waals surface area contributed by atoms with Crippen molar-refractivity contribution in [2.75, 3.05) is 7.11 Å². The lowest BCUT2D eigenvalue weighted by Gasteiger charge is -2.17. The van der Waals surface area contributed by atoms with Gasteiger partial charge in [-0.25, -0.2) is 13.1 Å². The maximum atomic E-state index is 11.5. The average molecular weight is 227 g/mol. The number of carbonyl (C=O) groups excluding carboxylic acids is 1. The molecule has 0 spiro atoms. The van der Waals surface area contributed by atoms with Crippen molar-refractivity contribution in [2.24, 2.45) is 0 Å². The summed E-state index contributed by atoms with van der Waals surface area (Å²) in [5.41, 5.74) is 0.470. The third-order valence-corrected chi connectivity index (χ3v) is 3.63. The first-order chi connectivity index (χ1) is 7.03. The molecule has 1 amide bonds. The van der Waals surface area contributed by atoms with E-state index in [9.17, 15) is 13.2 Å². The first-order valence-corrected chi connectivity index (χ1v) is 5.74. The van der Waals surface area contributed by atoms with E-state index in [2.05, 4.69) is 0 Å². The Morgan fingerprint density at radius 2 is 2.13 bits per heavy atom. The third-order valence-electron chi connectivity index (χ3n) is 2.16. The lowest BCUT2D eigenvalue weighted by atomic mass is 10.1. The highest BCUT2D eigenvalue weighted by atomic mass is 32.2. The SMILES string of the molecule is COc1ccc2c(c1)CC(=O)NS2(=O)=O. The van der Waals surface area contributed by atoms with Gasteiger partial charge in [0.1, 0.15) is 5.75 Å². The lowest BCUT2D eigenvalue weighted by molar-refractivity contribution is -0.118. The molecule has 5 nitrogen and oxygen atoms in total. The van der Waals surface area contributed by atoms with Gasteiger partial charge in [-0.2, -0.15) is 0 Å². The van der Waals surface area contributed by atoms with Gasteiger partial charge in [-0.15, -0.1) is 0 Å². The van der Waals surface area contributed by atoms with Gasteiger partial charge >= 0.3 is 0 Å². The summed E-state index contributed by atoms with van der Waals surface area (Å²) in [7, 11) is -2.19. The molecule has 15 heavy (non-hydrogen) atoms. The van der Waals surface area contributed by atoms with Gasteiger partial charge in [0.2, 0.25) is 5.91 Å². The van der Waals surface area contributed by atoms with Crippen LogP contribution in [0.1, 0.15) is 5.56 Å². The van der Waals surface area contributed by atoms with E-state index < -0.39 is 15.9 Å². The van der Waals surface area contributed by atoms with E-state index in [0.29, 0.717) is 11.3 Å². The van der Waals surface area contributed by atoms with Gasteiger partial charge in [-0.05, 0) is 23.8 Å². The number of fused-ring (bicyclic) bond motifs is 1. The summed E-state index contributed by atoms with van der Waals surface area (Å²) in [6.07, 6.45) is 0.0613. The fraction of sp³-hybridized carbons (Fsp3) is 0.222. The van der Waals surface area contributed by atoms with Gasteiger partial charge in [0.05, 0.1) is 18.4 Å². The van der Waals surface area contributed by atoms with Crippen molar-refractivity contribution in [3.05, 3.63) is 23.8 Å². The first kappa shape index (κ1) is 9.97. The van der Waals surface area contributed by atoms with E-state index >= 15 is 0 Å². The van der Waals surface area contributed by atoms with Crippen LogP contribution in [0, 0.1) is 0 Å². The Balaban J connectivity index is 2.62. The van der Waals surface area contributed by atoms with Gasteiger partial charge in [-0.3, -0.25) is 4.79 Å². The van der Waals surface area contributed by atoms with Crippen LogP contribution in [0.4, 0.5) is 0 Å². The third kappa shape index (κ3) is 1.68. The van der Waals surface area contributed by atoms with Crippen molar-refractivity contribution in [1.82, 2.24) is 4.72 Å². The highest BCUT2D eigenvalue weighted by molar-refractivity contribution is 7.90. The predicted molar refractivity (Wildman–Crippen MR) is 52.0 cm³/mol. The maximum absolute atomic E-state index is 11.5. The van der Waals surface area contributed by atoms with Crippen LogP contribution in [0.15, 0.2) is 23.1 Å². The largest absolute Gasteiger partial charge is 0.497 e. The number of hydrogen-bond donors (Lipinski definition) is 1. The van der Waals surface area contributed by atoms with Gasteiger partial charge in [-0.1, -0.05) is 0 Å². The quantitative estimate of drug-likeness (QED) is 0.736. The zero-order valence-corrected chi connectivity index (χ0v) is 8.80. The van der Waals surface area contributed by atoms with Crippen molar-refractivity contribution in [2.45, 2.75) is 11.3 Å². The Kier molecular flexibility index (Phi) is 2.15. The van der Waals surface area contributed by atoms with Crippen LogP contribution in [0.3, 0.4) is 0 Å². The van der Waals surface area contributed by atoms with Crippen LogP contribution >= 0.6 is 0 Å². The molecule has 6 heteroatoms. The number of benzene rings is 1. The molecule has 0 saturated carbocycles. The summed E-state index contributed by atoms with van der Waals surface area (Å²) < 4.78 is 29.9. The van der Waals surface area contributed by atoms with Gasteiger partial charge in [0, 0.05) is 0 Å². The molecule has 1 aromatic rings. The number of rotatable bonds is 1. The molecule has 1 aliphatic rings. The highest BCUT2D eigenvalue weighted by Gasteiger charge is 2.27. The van der Waals surface area contributed by atoms with Crippen molar-refractivity contribution < 1.29 is 17.9 Å². The van der Waals surface area contributed by atoms with E-state index in [4.69, 9.17) is 4.74 Å². The van der Waals surface area contributed by atoms with Crippen molar-refractivity contribution in [1.29, 1.82) is 0 Å². The van der Waals surface area contributed by atoms with E-state index in [-0.39, 0.29) is 11.3 Å².